The third-order valence-corrected chi connectivity index (χ3v) is 3.89. The largest absolute Gasteiger partial charge is 0.377 e. The normalized spacial score (nSPS) is 19.8. The molecule has 1 aromatic heterocycles. The molecule has 1 aliphatic rings. The van der Waals surface area contributed by atoms with Crippen LogP contribution in [-0.4, -0.2) is 42.2 Å². The Kier molecular flexibility index (Phi) is 7.13. The zero-order chi connectivity index (χ0) is 14.9. The van der Waals surface area contributed by atoms with E-state index in [1.165, 1.54) is 24.8 Å². The summed E-state index contributed by atoms with van der Waals surface area (Å²) in [7, 11) is 0. The highest BCUT2D eigenvalue weighted by Gasteiger charge is 2.20. The van der Waals surface area contributed by atoms with Crippen LogP contribution in [0.5, 0.6) is 0 Å². The van der Waals surface area contributed by atoms with E-state index in [0.717, 1.165) is 45.0 Å². The topological polar surface area (TPSA) is 37.4 Å². The number of piperidine rings is 1. The molecule has 0 radical (unpaired) electrons. The van der Waals surface area contributed by atoms with Crippen LogP contribution in [0.1, 0.15) is 44.4 Å². The van der Waals surface area contributed by atoms with Gasteiger partial charge in [0.1, 0.15) is 0 Å². The molecule has 1 unspecified atom stereocenters. The molecule has 0 spiro atoms. The fraction of sp³-hybridized carbons (Fsp3) is 0.706. The number of nitrogens with one attached hydrogen (secondary N) is 1. The second-order valence-electron chi connectivity index (χ2n) is 5.79. The van der Waals surface area contributed by atoms with Crippen molar-refractivity contribution < 1.29 is 4.74 Å². The van der Waals surface area contributed by atoms with Gasteiger partial charge in [-0.2, -0.15) is 0 Å². The maximum absolute atomic E-state index is 5.75. The Morgan fingerprint density at radius 3 is 3.00 bits per heavy atom. The van der Waals surface area contributed by atoms with Crippen LogP contribution in [-0.2, 0) is 17.8 Å². The molecule has 1 saturated heterocycles. The molecule has 1 aromatic rings. The number of hydrogen-bond acceptors (Lipinski definition) is 4. The summed E-state index contributed by atoms with van der Waals surface area (Å²) in [5, 5.41) is 3.41. The van der Waals surface area contributed by atoms with Gasteiger partial charge in [-0.1, -0.05) is 13.0 Å². The van der Waals surface area contributed by atoms with E-state index in [1.54, 1.807) is 0 Å². The summed E-state index contributed by atoms with van der Waals surface area (Å²) < 4.78 is 5.75. The first-order valence-corrected chi connectivity index (χ1v) is 8.30. The molecule has 1 N–H and O–H groups in total. The second kappa shape index (κ2) is 9.13. The summed E-state index contributed by atoms with van der Waals surface area (Å²) in [6, 6.07) is 4.35. The summed E-state index contributed by atoms with van der Waals surface area (Å²) in [6.45, 7) is 10.2. The minimum Gasteiger partial charge on any atom is -0.377 e. The number of ether oxygens (including phenoxy) is 1. The number of nitrogens with zero attached hydrogens (tertiary/aromatic N) is 2. The van der Waals surface area contributed by atoms with Gasteiger partial charge in [0.15, 0.2) is 0 Å². The second-order valence-corrected chi connectivity index (χ2v) is 5.79. The molecule has 0 amide bonds. The van der Waals surface area contributed by atoms with Crippen molar-refractivity contribution in [2.45, 2.75) is 52.3 Å². The van der Waals surface area contributed by atoms with Crippen molar-refractivity contribution in [2.75, 3.05) is 26.2 Å². The summed E-state index contributed by atoms with van der Waals surface area (Å²) in [5.41, 5.74) is 2.42. The van der Waals surface area contributed by atoms with Crippen molar-refractivity contribution >= 4 is 0 Å². The summed E-state index contributed by atoms with van der Waals surface area (Å²) in [5.74, 6) is 0. The van der Waals surface area contributed by atoms with Gasteiger partial charge in [-0.25, -0.2) is 0 Å². The van der Waals surface area contributed by atoms with Crippen molar-refractivity contribution in [2.24, 2.45) is 0 Å². The maximum atomic E-state index is 5.75. The van der Waals surface area contributed by atoms with Crippen LogP contribution in [0.25, 0.3) is 0 Å². The monoisotopic (exact) mass is 291 g/mol. The van der Waals surface area contributed by atoms with Crippen molar-refractivity contribution in [3.63, 3.8) is 0 Å². The van der Waals surface area contributed by atoms with E-state index in [9.17, 15) is 0 Å². The number of hydrogen-bond donors (Lipinski definition) is 1. The van der Waals surface area contributed by atoms with Gasteiger partial charge in [0.05, 0.1) is 11.8 Å². The molecule has 0 aliphatic carbocycles. The van der Waals surface area contributed by atoms with E-state index in [0.29, 0.717) is 6.10 Å². The highest BCUT2D eigenvalue weighted by Crippen LogP contribution is 2.15. The lowest BCUT2D eigenvalue weighted by molar-refractivity contribution is 0.00331. The molecule has 118 valence electrons. The van der Waals surface area contributed by atoms with Crippen LogP contribution in [0.15, 0.2) is 18.3 Å². The zero-order valence-corrected chi connectivity index (χ0v) is 13.5. The molecule has 1 aliphatic heterocycles. The van der Waals surface area contributed by atoms with Crippen molar-refractivity contribution in [1.29, 1.82) is 0 Å². The number of likely N-dealkylation sites (tertiary alicyclic amines) is 1. The minimum atomic E-state index is 0.404. The first-order chi connectivity index (χ1) is 10.3. The molecule has 1 atom stereocenters. The molecular formula is C17H29N3O. The Labute approximate surface area is 128 Å². The standard InChI is InChI=1S/C17H29N3O/c1-3-9-18-11-15-7-8-16(19-12-15)13-20-10-5-6-17(14-20)21-4-2/h7-8,12,17-18H,3-6,9-11,13-14H2,1-2H3. The van der Waals surface area contributed by atoms with Crippen molar-refractivity contribution in [1.82, 2.24) is 15.2 Å². The van der Waals surface area contributed by atoms with Crippen LogP contribution in [0.2, 0.25) is 0 Å². The third kappa shape index (κ3) is 5.73. The van der Waals surface area contributed by atoms with Gasteiger partial charge in [-0.05, 0) is 50.9 Å². The van der Waals surface area contributed by atoms with Crippen LogP contribution >= 0.6 is 0 Å². The van der Waals surface area contributed by atoms with E-state index in [-0.39, 0.29) is 0 Å². The molecular weight excluding hydrogens is 262 g/mol. The van der Waals surface area contributed by atoms with Gasteiger partial charge >= 0.3 is 0 Å². The Balaban J connectivity index is 1.79. The highest BCUT2D eigenvalue weighted by atomic mass is 16.5. The Morgan fingerprint density at radius 2 is 2.29 bits per heavy atom. The Morgan fingerprint density at radius 1 is 1.38 bits per heavy atom. The SMILES string of the molecule is CCCNCc1ccc(CN2CCCC(OCC)C2)nc1. The van der Waals surface area contributed by atoms with E-state index in [4.69, 9.17) is 4.74 Å². The molecule has 0 bridgehead atoms. The van der Waals surface area contributed by atoms with Gasteiger partial charge < -0.3 is 10.1 Å². The molecule has 2 rings (SSSR count). The first-order valence-electron chi connectivity index (χ1n) is 8.30. The van der Waals surface area contributed by atoms with Crippen LogP contribution in [0.4, 0.5) is 0 Å². The molecule has 4 heteroatoms. The van der Waals surface area contributed by atoms with Crippen LogP contribution < -0.4 is 5.32 Å². The smallest absolute Gasteiger partial charge is 0.0702 e. The predicted octanol–water partition coefficient (Wildman–Crippen LogP) is 2.58. The molecule has 0 saturated carbocycles. The average Bonchev–Trinajstić information content (AvgIpc) is 2.50. The maximum Gasteiger partial charge on any atom is 0.0702 e. The minimum absolute atomic E-state index is 0.404. The summed E-state index contributed by atoms with van der Waals surface area (Å²) in [6.07, 6.45) is 5.99. The van der Waals surface area contributed by atoms with E-state index in [2.05, 4.69) is 41.2 Å². The zero-order valence-electron chi connectivity index (χ0n) is 13.5. The fourth-order valence-electron chi connectivity index (χ4n) is 2.82. The number of rotatable bonds is 8. The van der Waals surface area contributed by atoms with Crippen LogP contribution in [0, 0.1) is 0 Å². The lowest BCUT2D eigenvalue weighted by atomic mass is 10.1. The van der Waals surface area contributed by atoms with Gasteiger partial charge in [0.2, 0.25) is 0 Å². The van der Waals surface area contributed by atoms with Gasteiger partial charge in [-0.3, -0.25) is 9.88 Å². The summed E-state index contributed by atoms with van der Waals surface area (Å²) in [4.78, 5) is 7.06. The molecule has 2 heterocycles. The van der Waals surface area contributed by atoms with Crippen LogP contribution in [0.3, 0.4) is 0 Å². The average molecular weight is 291 g/mol. The molecule has 0 aromatic carbocycles. The lowest BCUT2D eigenvalue weighted by Gasteiger charge is -2.32. The summed E-state index contributed by atoms with van der Waals surface area (Å²) >= 11 is 0. The third-order valence-electron chi connectivity index (χ3n) is 3.89. The predicted molar refractivity (Wildman–Crippen MR) is 86.2 cm³/mol. The quantitative estimate of drug-likeness (QED) is 0.747. The molecule has 21 heavy (non-hydrogen) atoms. The molecule has 1 fully saturated rings. The Bertz CT molecular complexity index is 392. The van der Waals surface area contributed by atoms with Crippen molar-refractivity contribution in [3.05, 3.63) is 29.6 Å². The van der Waals surface area contributed by atoms with Gasteiger partial charge in [-0.15, -0.1) is 0 Å². The first kappa shape index (κ1) is 16.4. The van der Waals surface area contributed by atoms with E-state index in [1.807, 2.05) is 6.20 Å². The number of pyridine rings is 1. The Hall–Kier alpha value is -0.970. The number of aromatic nitrogens is 1. The van der Waals surface area contributed by atoms with E-state index < -0.39 is 0 Å². The highest BCUT2D eigenvalue weighted by molar-refractivity contribution is 5.14. The molecule has 4 nitrogen and oxygen atoms in total. The van der Waals surface area contributed by atoms with E-state index >= 15 is 0 Å². The lowest BCUT2D eigenvalue weighted by Crippen LogP contribution is -2.39. The fourth-order valence-corrected chi connectivity index (χ4v) is 2.82. The van der Waals surface area contributed by atoms with Gasteiger partial charge in [0.25, 0.3) is 0 Å². The van der Waals surface area contributed by atoms with Crippen molar-refractivity contribution in [3.8, 4) is 0 Å². The van der Waals surface area contributed by atoms with Gasteiger partial charge in [0, 0.05) is 32.4 Å².